The summed E-state index contributed by atoms with van der Waals surface area (Å²) in [5.41, 5.74) is 0. The second kappa shape index (κ2) is 20.4. The van der Waals surface area contributed by atoms with Crippen molar-refractivity contribution >= 4 is 5.78 Å². The third-order valence-corrected chi connectivity index (χ3v) is 4.24. The number of allylic oxidation sites excluding steroid dienone is 2. The Hall–Kier alpha value is -0.670. The minimum atomic E-state index is -0.409. The average Bonchev–Trinajstić information content (AvgIpc) is 2.60. The molecule has 0 atom stereocenters. The van der Waals surface area contributed by atoms with Crippen molar-refractivity contribution < 1.29 is 14.6 Å². The zero-order chi connectivity index (χ0) is 17.7. The van der Waals surface area contributed by atoms with E-state index in [1.165, 1.54) is 83.5 Å². The topological polar surface area (TPSA) is 46.5 Å². The lowest BCUT2D eigenvalue weighted by molar-refractivity contribution is -0.126. The normalized spacial score (nSPS) is 11.4. The first-order valence-electron chi connectivity index (χ1n) is 10.2. The molecule has 0 aliphatic carbocycles. The summed E-state index contributed by atoms with van der Waals surface area (Å²) in [7, 11) is 0. The zero-order valence-electron chi connectivity index (χ0n) is 15.9. The first-order valence-corrected chi connectivity index (χ1v) is 10.2. The maximum Gasteiger partial charge on any atom is 0.183 e. The Bertz CT molecular complexity index is 287. The maximum absolute atomic E-state index is 10.8. The van der Waals surface area contributed by atoms with Crippen LogP contribution in [0, 0.1) is 0 Å². The molecule has 0 fully saturated rings. The number of aliphatic hydroxyl groups is 1. The lowest BCUT2D eigenvalue weighted by Crippen LogP contribution is -2.12. The van der Waals surface area contributed by atoms with Crippen LogP contribution in [0.3, 0.4) is 0 Å². The number of hydrogen-bond acceptors (Lipinski definition) is 3. The molecule has 0 amide bonds. The lowest BCUT2D eigenvalue weighted by Gasteiger charge is -2.03. The molecule has 0 rings (SSSR count). The standard InChI is InChI=1S/C21H40O3/c1-2-3-4-5-6-7-8-9-10-11-12-13-14-15-16-17-18-24-20-21(23)19-22/h9-10,22H,2-8,11-20H2,1H3. The summed E-state index contributed by atoms with van der Waals surface area (Å²) in [4.78, 5) is 10.8. The van der Waals surface area contributed by atoms with Crippen molar-refractivity contribution in [3.05, 3.63) is 12.2 Å². The molecule has 0 aliphatic rings. The fourth-order valence-corrected chi connectivity index (χ4v) is 2.68. The van der Waals surface area contributed by atoms with Gasteiger partial charge in [0, 0.05) is 6.61 Å². The van der Waals surface area contributed by atoms with Gasteiger partial charge in [-0.3, -0.25) is 4.79 Å². The van der Waals surface area contributed by atoms with Crippen molar-refractivity contribution in [3.8, 4) is 0 Å². The van der Waals surface area contributed by atoms with Gasteiger partial charge in [0.25, 0.3) is 0 Å². The summed E-state index contributed by atoms with van der Waals surface area (Å²) in [6.45, 7) is 2.54. The van der Waals surface area contributed by atoms with Crippen LogP contribution in [0.4, 0.5) is 0 Å². The van der Waals surface area contributed by atoms with Crippen LogP contribution in [0.1, 0.15) is 96.8 Å². The average molecular weight is 341 g/mol. The number of Topliss-reactive ketones (excluding diaryl/α,β-unsaturated/α-hetero) is 1. The van der Waals surface area contributed by atoms with E-state index in [9.17, 15) is 4.79 Å². The van der Waals surface area contributed by atoms with Gasteiger partial charge in [0.05, 0.1) is 0 Å². The number of ether oxygens (including phenoxy) is 1. The SMILES string of the molecule is CCCCCCCCC=CCCCCCCCCOCC(=O)CO. The minimum absolute atomic E-state index is 0.0571. The first kappa shape index (κ1) is 23.3. The predicted molar refractivity (Wildman–Crippen MR) is 102 cm³/mol. The Morgan fingerprint density at radius 1 is 0.792 bits per heavy atom. The van der Waals surface area contributed by atoms with E-state index in [1.807, 2.05) is 0 Å². The van der Waals surface area contributed by atoms with Crippen LogP contribution in [0.5, 0.6) is 0 Å². The molecular weight excluding hydrogens is 300 g/mol. The van der Waals surface area contributed by atoms with E-state index in [0.29, 0.717) is 6.61 Å². The number of unbranched alkanes of at least 4 members (excludes halogenated alkanes) is 12. The van der Waals surface area contributed by atoms with Crippen molar-refractivity contribution in [2.24, 2.45) is 0 Å². The summed E-state index contributed by atoms with van der Waals surface area (Å²) >= 11 is 0. The van der Waals surface area contributed by atoms with Crippen molar-refractivity contribution in [1.82, 2.24) is 0 Å². The molecule has 3 heteroatoms. The summed E-state index contributed by atoms with van der Waals surface area (Å²) in [5, 5.41) is 8.54. The van der Waals surface area contributed by atoms with E-state index in [4.69, 9.17) is 9.84 Å². The Morgan fingerprint density at radius 3 is 1.83 bits per heavy atom. The zero-order valence-corrected chi connectivity index (χ0v) is 15.9. The molecule has 0 aromatic carbocycles. The number of ketones is 1. The van der Waals surface area contributed by atoms with Gasteiger partial charge in [-0.1, -0.05) is 76.9 Å². The largest absolute Gasteiger partial charge is 0.388 e. The van der Waals surface area contributed by atoms with Gasteiger partial charge in [-0.25, -0.2) is 0 Å². The van der Waals surface area contributed by atoms with Crippen LogP contribution < -0.4 is 0 Å². The highest BCUT2D eigenvalue weighted by Crippen LogP contribution is 2.09. The maximum atomic E-state index is 10.8. The van der Waals surface area contributed by atoms with Gasteiger partial charge in [-0.15, -0.1) is 0 Å². The quantitative estimate of drug-likeness (QED) is 0.246. The number of carbonyl (C=O) groups is 1. The Balaban J connectivity index is 3.09. The smallest absolute Gasteiger partial charge is 0.183 e. The van der Waals surface area contributed by atoms with Crippen LogP contribution in [0.15, 0.2) is 12.2 Å². The molecule has 0 saturated heterocycles. The molecule has 0 aromatic rings. The highest BCUT2D eigenvalue weighted by Gasteiger charge is 1.98. The third-order valence-electron chi connectivity index (χ3n) is 4.24. The van der Waals surface area contributed by atoms with E-state index < -0.39 is 6.61 Å². The van der Waals surface area contributed by atoms with Crippen LogP contribution in [0.2, 0.25) is 0 Å². The molecule has 0 spiro atoms. The van der Waals surface area contributed by atoms with Crippen molar-refractivity contribution in [1.29, 1.82) is 0 Å². The molecule has 0 bridgehead atoms. The number of hydrogen-bond donors (Lipinski definition) is 1. The van der Waals surface area contributed by atoms with Gasteiger partial charge in [0.15, 0.2) is 5.78 Å². The van der Waals surface area contributed by atoms with E-state index in [0.717, 1.165) is 6.42 Å². The van der Waals surface area contributed by atoms with E-state index >= 15 is 0 Å². The Kier molecular flexibility index (Phi) is 19.8. The highest BCUT2D eigenvalue weighted by molar-refractivity contribution is 5.80. The molecule has 0 aliphatic heterocycles. The molecule has 24 heavy (non-hydrogen) atoms. The van der Waals surface area contributed by atoms with Crippen molar-refractivity contribution in [3.63, 3.8) is 0 Å². The number of aliphatic hydroxyl groups excluding tert-OH is 1. The fraction of sp³-hybridized carbons (Fsp3) is 0.857. The fourth-order valence-electron chi connectivity index (χ4n) is 2.68. The predicted octanol–water partition coefficient (Wildman–Crippen LogP) is 5.60. The molecule has 0 unspecified atom stereocenters. The number of rotatable bonds is 19. The van der Waals surface area contributed by atoms with E-state index in [1.54, 1.807) is 0 Å². The second-order valence-electron chi connectivity index (χ2n) is 6.69. The first-order chi connectivity index (χ1) is 11.8. The van der Waals surface area contributed by atoms with Gasteiger partial charge in [-0.2, -0.15) is 0 Å². The molecule has 0 aromatic heterocycles. The van der Waals surface area contributed by atoms with Gasteiger partial charge < -0.3 is 9.84 Å². The molecule has 142 valence electrons. The van der Waals surface area contributed by atoms with Gasteiger partial charge >= 0.3 is 0 Å². The van der Waals surface area contributed by atoms with Crippen molar-refractivity contribution in [2.75, 3.05) is 19.8 Å². The summed E-state index contributed by atoms with van der Waals surface area (Å²) < 4.78 is 5.19. The molecule has 1 N–H and O–H groups in total. The van der Waals surface area contributed by atoms with Gasteiger partial charge in [-0.05, 0) is 32.1 Å². The summed E-state index contributed by atoms with van der Waals surface area (Å²) in [6, 6.07) is 0. The second-order valence-corrected chi connectivity index (χ2v) is 6.69. The lowest BCUT2D eigenvalue weighted by atomic mass is 10.1. The Morgan fingerprint density at radius 2 is 1.29 bits per heavy atom. The van der Waals surface area contributed by atoms with Crippen LogP contribution in [0.25, 0.3) is 0 Å². The third kappa shape index (κ3) is 19.4. The molecule has 0 radical (unpaired) electrons. The van der Waals surface area contributed by atoms with E-state index in [2.05, 4.69) is 19.1 Å². The minimum Gasteiger partial charge on any atom is -0.388 e. The molecule has 0 heterocycles. The summed E-state index contributed by atoms with van der Waals surface area (Å²) in [6.07, 6.45) is 22.8. The summed E-state index contributed by atoms with van der Waals surface area (Å²) in [5.74, 6) is -0.237. The Labute approximate surface area is 149 Å². The van der Waals surface area contributed by atoms with Crippen LogP contribution in [-0.2, 0) is 9.53 Å². The highest BCUT2D eigenvalue weighted by atomic mass is 16.5. The van der Waals surface area contributed by atoms with Crippen molar-refractivity contribution in [2.45, 2.75) is 96.8 Å². The van der Waals surface area contributed by atoms with E-state index in [-0.39, 0.29) is 12.4 Å². The molecule has 0 saturated carbocycles. The number of carbonyl (C=O) groups excluding carboxylic acids is 1. The molecular formula is C21H40O3. The van der Waals surface area contributed by atoms with Crippen LogP contribution in [-0.4, -0.2) is 30.7 Å². The van der Waals surface area contributed by atoms with Gasteiger partial charge in [0.2, 0.25) is 0 Å². The molecule has 3 nitrogen and oxygen atoms in total. The monoisotopic (exact) mass is 340 g/mol. The van der Waals surface area contributed by atoms with Crippen LogP contribution >= 0.6 is 0 Å². The van der Waals surface area contributed by atoms with Gasteiger partial charge in [0.1, 0.15) is 13.2 Å².